The van der Waals surface area contributed by atoms with E-state index in [0.29, 0.717) is 5.41 Å². The Labute approximate surface area is 118 Å². The molecule has 0 bridgehead atoms. The van der Waals surface area contributed by atoms with Gasteiger partial charge in [-0.05, 0) is 55.9 Å². The molecule has 0 radical (unpaired) electrons. The van der Waals surface area contributed by atoms with E-state index in [9.17, 15) is 4.79 Å². The first kappa shape index (κ1) is 14.8. The number of carbonyl (C=O) groups excluding carboxylic acids is 1. The molecule has 1 saturated heterocycles. The van der Waals surface area contributed by atoms with Gasteiger partial charge in [-0.1, -0.05) is 20.8 Å². The van der Waals surface area contributed by atoms with Gasteiger partial charge in [0.15, 0.2) is 0 Å². The van der Waals surface area contributed by atoms with Gasteiger partial charge < -0.3 is 10.2 Å². The molecule has 0 spiro atoms. The summed E-state index contributed by atoms with van der Waals surface area (Å²) in [6.45, 7) is 9.03. The summed E-state index contributed by atoms with van der Waals surface area (Å²) in [6.07, 6.45) is 6.34. The summed E-state index contributed by atoms with van der Waals surface area (Å²) in [6, 6.07) is 0.0883. The second-order valence-corrected chi connectivity index (χ2v) is 7.59. The van der Waals surface area contributed by atoms with Crippen molar-refractivity contribution in [1.82, 2.24) is 10.2 Å². The van der Waals surface area contributed by atoms with Crippen molar-refractivity contribution in [2.24, 2.45) is 17.3 Å². The van der Waals surface area contributed by atoms with Crippen LogP contribution in [0.4, 0.5) is 0 Å². The van der Waals surface area contributed by atoms with Crippen molar-refractivity contribution in [2.75, 3.05) is 20.1 Å². The third-order valence-electron chi connectivity index (χ3n) is 5.15. The molecule has 1 amide bonds. The van der Waals surface area contributed by atoms with E-state index in [2.05, 4.69) is 26.1 Å². The van der Waals surface area contributed by atoms with Gasteiger partial charge >= 0.3 is 0 Å². The lowest BCUT2D eigenvalue weighted by atomic mass is 9.70. The first-order chi connectivity index (χ1) is 8.88. The summed E-state index contributed by atoms with van der Waals surface area (Å²) in [5.74, 6) is 1.93. The number of carbonyl (C=O) groups is 1. The summed E-state index contributed by atoms with van der Waals surface area (Å²) in [5.41, 5.74) is 0.461. The zero-order valence-electron chi connectivity index (χ0n) is 13.0. The van der Waals surface area contributed by atoms with Crippen molar-refractivity contribution in [3.8, 4) is 0 Å². The summed E-state index contributed by atoms with van der Waals surface area (Å²) < 4.78 is 0. The largest absolute Gasteiger partial charge is 0.344 e. The van der Waals surface area contributed by atoms with Crippen LogP contribution in [0.25, 0.3) is 0 Å². The minimum Gasteiger partial charge on any atom is -0.344 e. The van der Waals surface area contributed by atoms with E-state index in [1.54, 1.807) is 0 Å². The first-order valence-electron chi connectivity index (χ1n) is 7.86. The van der Waals surface area contributed by atoms with Crippen LogP contribution in [0.2, 0.25) is 0 Å². The van der Waals surface area contributed by atoms with Gasteiger partial charge in [-0.3, -0.25) is 4.79 Å². The molecular weight excluding hydrogens is 236 g/mol. The summed E-state index contributed by atoms with van der Waals surface area (Å²) in [4.78, 5) is 13.7. The maximum absolute atomic E-state index is 11.8. The van der Waals surface area contributed by atoms with Crippen LogP contribution < -0.4 is 5.32 Å². The molecule has 1 aliphatic heterocycles. The summed E-state index contributed by atoms with van der Waals surface area (Å²) >= 11 is 0. The molecule has 1 aliphatic carbocycles. The van der Waals surface area contributed by atoms with Gasteiger partial charge in [-0.15, -0.1) is 0 Å². The van der Waals surface area contributed by atoms with Gasteiger partial charge in [-0.2, -0.15) is 0 Å². The van der Waals surface area contributed by atoms with E-state index in [1.807, 2.05) is 11.9 Å². The highest BCUT2D eigenvalue weighted by Crippen LogP contribution is 2.39. The smallest absolute Gasteiger partial charge is 0.239 e. The minimum atomic E-state index is 0.0883. The Bertz CT molecular complexity index is 313. The van der Waals surface area contributed by atoms with E-state index >= 15 is 0 Å². The van der Waals surface area contributed by atoms with Crippen LogP contribution in [0.5, 0.6) is 0 Å². The Morgan fingerprint density at radius 1 is 1.16 bits per heavy atom. The lowest BCUT2D eigenvalue weighted by Gasteiger charge is -2.37. The molecule has 0 aromatic heterocycles. The lowest BCUT2D eigenvalue weighted by molar-refractivity contribution is -0.128. The van der Waals surface area contributed by atoms with E-state index in [0.717, 1.165) is 31.3 Å². The molecule has 1 saturated carbocycles. The highest BCUT2D eigenvalue weighted by Gasteiger charge is 2.32. The molecule has 2 fully saturated rings. The first-order valence-corrected chi connectivity index (χ1v) is 7.86. The van der Waals surface area contributed by atoms with Crippen molar-refractivity contribution < 1.29 is 4.79 Å². The van der Waals surface area contributed by atoms with Crippen molar-refractivity contribution in [2.45, 2.75) is 58.9 Å². The molecule has 2 aliphatic rings. The molecule has 3 nitrogen and oxygen atoms in total. The van der Waals surface area contributed by atoms with Gasteiger partial charge in [0.05, 0.1) is 6.04 Å². The summed E-state index contributed by atoms with van der Waals surface area (Å²) in [5, 5.41) is 3.49. The number of rotatable bonds is 3. The molecule has 0 aromatic rings. The van der Waals surface area contributed by atoms with Crippen molar-refractivity contribution in [1.29, 1.82) is 0 Å². The Hall–Kier alpha value is -0.570. The number of hydrogen-bond acceptors (Lipinski definition) is 2. The average Bonchev–Trinajstić information content (AvgIpc) is 2.67. The van der Waals surface area contributed by atoms with Gasteiger partial charge in [0.25, 0.3) is 0 Å². The molecule has 1 heterocycles. The Kier molecular flexibility index (Phi) is 4.54. The van der Waals surface area contributed by atoms with Crippen LogP contribution in [-0.2, 0) is 4.79 Å². The number of hydrogen-bond donors (Lipinski definition) is 1. The highest BCUT2D eigenvalue weighted by molar-refractivity contribution is 5.83. The number of likely N-dealkylation sites (N-methyl/N-ethyl adjacent to an activating group) is 1. The summed E-state index contributed by atoms with van der Waals surface area (Å²) in [7, 11) is 1.90. The SMILES string of the molecule is CN1CCC(NCC2CCC(C(C)(C)C)CC2)C1=O. The molecule has 1 N–H and O–H groups in total. The van der Waals surface area contributed by atoms with Crippen LogP contribution in [0, 0.1) is 17.3 Å². The maximum atomic E-state index is 11.8. The van der Waals surface area contributed by atoms with E-state index in [4.69, 9.17) is 0 Å². The quantitative estimate of drug-likeness (QED) is 0.852. The van der Waals surface area contributed by atoms with Crippen LogP contribution in [-0.4, -0.2) is 37.0 Å². The van der Waals surface area contributed by atoms with Crippen molar-refractivity contribution in [3.05, 3.63) is 0 Å². The third kappa shape index (κ3) is 3.71. The predicted molar refractivity (Wildman–Crippen MR) is 78.9 cm³/mol. The molecular formula is C16H30N2O. The van der Waals surface area contributed by atoms with Crippen LogP contribution in [0.15, 0.2) is 0 Å². The second kappa shape index (κ2) is 5.82. The van der Waals surface area contributed by atoms with Gasteiger partial charge in [0, 0.05) is 13.6 Å². The lowest BCUT2D eigenvalue weighted by Crippen LogP contribution is -2.40. The van der Waals surface area contributed by atoms with Crippen LogP contribution in [0.1, 0.15) is 52.9 Å². The Morgan fingerprint density at radius 3 is 2.26 bits per heavy atom. The third-order valence-corrected chi connectivity index (χ3v) is 5.15. The van der Waals surface area contributed by atoms with Crippen LogP contribution in [0.3, 0.4) is 0 Å². The molecule has 1 atom stereocenters. The molecule has 0 aromatic carbocycles. The highest BCUT2D eigenvalue weighted by atomic mass is 16.2. The molecule has 3 heteroatoms. The van der Waals surface area contributed by atoms with Crippen LogP contribution >= 0.6 is 0 Å². The maximum Gasteiger partial charge on any atom is 0.239 e. The van der Waals surface area contributed by atoms with Crippen molar-refractivity contribution >= 4 is 5.91 Å². The number of likely N-dealkylation sites (tertiary alicyclic amines) is 1. The fourth-order valence-corrected chi connectivity index (χ4v) is 3.55. The minimum absolute atomic E-state index is 0.0883. The zero-order valence-corrected chi connectivity index (χ0v) is 13.0. The normalized spacial score (nSPS) is 32.9. The molecule has 19 heavy (non-hydrogen) atoms. The van der Waals surface area contributed by atoms with E-state index in [-0.39, 0.29) is 11.9 Å². The predicted octanol–water partition coefficient (Wildman–Crippen LogP) is 2.66. The average molecular weight is 266 g/mol. The topological polar surface area (TPSA) is 32.3 Å². The fraction of sp³-hybridized carbons (Fsp3) is 0.938. The van der Waals surface area contributed by atoms with Crippen molar-refractivity contribution in [3.63, 3.8) is 0 Å². The zero-order chi connectivity index (χ0) is 14.0. The van der Waals surface area contributed by atoms with Gasteiger partial charge in [0.2, 0.25) is 5.91 Å². The Morgan fingerprint density at radius 2 is 1.79 bits per heavy atom. The number of amides is 1. The molecule has 1 unspecified atom stereocenters. The monoisotopic (exact) mass is 266 g/mol. The molecule has 110 valence electrons. The Balaban J connectivity index is 1.70. The van der Waals surface area contributed by atoms with E-state index < -0.39 is 0 Å². The van der Waals surface area contributed by atoms with E-state index in [1.165, 1.54) is 25.7 Å². The van der Waals surface area contributed by atoms with Gasteiger partial charge in [-0.25, -0.2) is 0 Å². The number of nitrogens with one attached hydrogen (secondary N) is 1. The number of nitrogens with zero attached hydrogens (tertiary/aromatic N) is 1. The fourth-order valence-electron chi connectivity index (χ4n) is 3.55. The second-order valence-electron chi connectivity index (χ2n) is 7.59. The molecule has 2 rings (SSSR count). The van der Waals surface area contributed by atoms with Gasteiger partial charge in [0.1, 0.15) is 0 Å². The standard InChI is InChI=1S/C16H30N2O/c1-16(2,3)13-7-5-12(6-8-13)11-17-14-9-10-18(4)15(14)19/h12-14,17H,5-11H2,1-4H3.